The fourth-order valence-electron chi connectivity index (χ4n) is 1.93. The minimum absolute atomic E-state index is 0.0204. The summed E-state index contributed by atoms with van der Waals surface area (Å²) in [7, 11) is -3.29. The van der Waals surface area contributed by atoms with Crippen molar-refractivity contribution in [3.63, 3.8) is 0 Å². The predicted molar refractivity (Wildman–Crippen MR) is 83.2 cm³/mol. The summed E-state index contributed by atoms with van der Waals surface area (Å²) in [4.78, 5) is 0.368. The monoisotopic (exact) mass is 286 g/mol. The average Bonchev–Trinajstić information content (AvgIpc) is 2.39. The lowest BCUT2D eigenvalue weighted by Crippen LogP contribution is -2.05. The molecule has 0 spiro atoms. The fourth-order valence-corrected chi connectivity index (χ4v) is 3.28. The molecule has 0 aliphatic heterocycles. The lowest BCUT2D eigenvalue weighted by atomic mass is 10.1. The van der Waals surface area contributed by atoms with Crippen molar-refractivity contribution >= 4 is 15.4 Å². The summed E-state index contributed by atoms with van der Waals surface area (Å²) in [6.07, 6.45) is 0. The van der Waals surface area contributed by atoms with Crippen molar-refractivity contribution in [2.45, 2.75) is 24.5 Å². The zero-order valence-electron chi connectivity index (χ0n) is 11.8. The minimum atomic E-state index is -3.29. The van der Waals surface area contributed by atoms with Gasteiger partial charge in [0.05, 0.1) is 10.6 Å². The van der Waals surface area contributed by atoms with Crippen molar-refractivity contribution in [3.05, 3.63) is 71.8 Å². The molecule has 2 nitrogen and oxygen atoms in total. The van der Waals surface area contributed by atoms with Crippen molar-refractivity contribution in [2.24, 2.45) is 0 Å². The quantitative estimate of drug-likeness (QED) is 0.851. The van der Waals surface area contributed by atoms with E-state index in [9.17, 15) is 8.42 Å². The van der Waals surface area contributed by atoms with E-state index in [1.54, 1.807) is 12.1 Å². The fraction of sp³-hybridized carbons (Fsp3) is 0.176. The van der Waals surface area contributed by atoms with E-state index in [4.69, 9.17) is 0 Å². The van der Waals surface area contributed by atoms with Gasteiger partial charge in [-0.3, -0.25) is 0 Å². The maximum atomic E-state index is 12.3. The van der Waals surface area contributed by atoms with Gasteiger partial charge in [0.25, 0.3) is 0 Å². The highest BCUT2D eigenvalue weighted by Gasteiger charge is 2.14. The summed E-state index contributed by atoms with van der Waals surface area (Å²) in [5.41, 5.74) is 3.84. The van der Waals surface area contributed by atoms with E-state index >= 15 is 0 Å². The first-order chi connectivity index (χ1) is 9.38. The van der Waals surface area contributed by atoms with Gasteiger partial charge in [0.2, 0.25) is 0 Å². The van der Waals surface area contributed by atoms with Crippen molar-refractivity contribution < 1.29 is 8.42 Å². The Morgan fingerprint density at radius 2 is 1.55 bits per heavy atom. The Morgan fingerprint density at radius 1 is 1.00 bits per heavy atom. The molecule has 0 fully saturated rings. The number of allylic oxidation sites excluding steroid dienone is 1. The second-order valence-corrected chi connectivity index (χ2v) is 7.04. The lowest BCUT2D eigenvalue weighted by Gasteiger charge is -2.06. The summed E-state index contributed by atoms with van der Waals surface area (Å²) in [6.45, 7) is 7.73. The topological polar surface area (TPSA) is 34.1 Å². The SMILES string of the molecule is C=C(C)c1ccc(CS(=O)(=O)c2ccc(C)cc2)cc1. The molecule has 0 amide bonds. The Bertz CT molecular complexity index is 709. The van der Waals surface area contributed by atoms with Gasteiger partial charge >= 0.3 is 0 Å². The molecule has 3 heteroatoms. The van der Waals surface area contributed by atoms with Crippen molar-refractivity contribution in [1.29, 1.82) is 0 Å². The second-order valence-electron chi connectivity index (χ2n) is 5.05. The van der Waals surface area contributed by atoms with Crippen LogP contribution in [-0.4, -0.2) is 8.42 Å². The average molecular weight is 286 g/mol. The first-order valence-corrected chi connectivity index (χ1v) is 8.08. The molecule has 0 unspecified atom stereocenters. The number of sulfone groups is 1. The van der Waals surface area contributed by atoms with Gasteiger partial charge in [-0.2, -0.15) is 0 Å². The number of hydrogen-bond donors (Lipinski definition) is 0. The maximum Gasteiger partial charge on any atom is 0.182 e. The van der Waals surface area contributed by atoms with Gasteiger partial charge in [-0.15, -0.1) is 0 Å². The third-order valence-electron chi connectivity index (χ3n) is 3.18. The number of aryl methyl sites for hydroxylation is 1. The molecule has 2 aromatic carbocycles. The van der Waals surface area contributed by atoms with Crippen LogP contribution in [0, 0.1) is 6.92 Å². The molecule has 0 aromatic heterocycles. The molecule has 0 aliphatic carbocycles. The molecule has 0 radical (unpaired) electrons. The zero-order valence-corrected chi connectivity index (χ0v) is 12.6. The lowest BCUT2D eigenvalue weighted by molar-refractivity contribution is 0.595. The Balaban J connectivity index is 2.24. The second kappa shape index (κ2) is 5.63. The van der Waals surface area contributed by atoms with E-state index in [-0.39, 0.29) is 5.75 Å². The molecule has 20 heavy (non-hydrogen) atoms. The van der Waals surface area contributed by atoms with Gasteiger partial charge < -0.3 is 0 Å². The van der Waals surface area contributed by atoms with Crippen LogP contribution in [0.1, 0.15) is 23.6 Å². The highest BCUT2D eigenvalue weighted by molar-refractivity contribution is 7.90. The molecule has 0 heterocycles. The van der Waals surface area contributed by atoms with Crippen LogP contribution in [0.2, 0.25) is 0 Å². The summed E-state index contributed by atoms with van der Waals surface area (Å²) in [5.74, 6) is 0.0204. The van der Waals surface area contributed by atoms with Crippen molar-refractivity contribution in [2.75, 3.05) is 0 Å². The van der Waals surface area contributed by atoms with Crippen molar-refractivity contribution in [1.82, 2.24) is 0 Å². The van der Waals surface area contributed by atoms with Gasteiger partial charge in [0.1, 0.15) is 0 Å². The maximum absolute atomic E-state index is 12.3. The third-order valence-corrected chi connectivity index (χ3v) is 4.89. The van der Waals surface area contributed by atoms with Crippen LogP contribution in [0.25, 0.3) is 5.57 Å². The highest BCUT2D eigenvalue weighted by atomic mass is 32.2. The van der Waals surface area contributed by atoms with E-state index in [0.717, 1.165) is 22.3 Å². The Hall–Kier alpha value is -1.87. The van der Waals surface area contributed by atoms with Crippen LogP contribution in [0.4, 0.5) is 0 Å². The van der Waals surface area contributed by atoms with E-state index in [1.165, 1.54) is 0 Å². The van der Waals surface area contributed by atoms with E-state index in [1.807, 2.05) is 50.2 Å². The molecule has 0 atom stereocenters. The Labute approximate surface area is 120 Å². The van der Waals surface area contributed by atoms with E-state index in [0.29, 0.717) is 4.90 Å². The minimum Gasteiger partial charge on any atom is -0.223 e. The van der Waals surface area contributed by atoms with E-state index in [2.05, 4.69) is 6.58 Å². The number of benzene rings is 2. The van der Waals surface area contributed by atoms with Crippen LogP contribution < -0.4 is 0 Å². The van der Waals surface area contributed by atoms with Gasteiger partial charge in [-0.05, 0) is 37.1 Å². The predicted octanol–water partition coefficient (Wildman–Crippen LogP) is 4.00. The standard InChI is InChI=1S/C17H18O2S/c1-13(2)16-8-6-15(7-9-16)12-20(18,19)17-10-4-14(3)5-11-17/h4-11H,1,12H2,2-3H3. The molecule has 0 N–H and O–H groups in total. The van der Waals surface area contributed by atoms with Gasteiger partial charge in [-0.1, -0.05) is 54.1 Å². The molecule has 2 rings (SSSR count). The molecule has 0 saturated heterocycles. The molecule has 104 valence electrons. The van der Waals surface area contributed by atoms with Crippen LogP contribution in [0.3, 0.4) is 0 Å². The summed E-state index contributed by atoms with van der Waals surface area (Å²) in [5, 5.41) is 0. The Kier molecular flexibility index (Phi) is 4.09. The molecule has 0 aliphatic rings. The molecule has 0 saturated carbocycles. The van der Waals surface area contributed by atoms with Crippen LogP contribution in [0.5, 0.6) is 0 Å². The number of rotatable bonds is 4. The smallest absolute Gasteiger partial charge is 0.182 e. The number of hydrogen-bond acceptors (Lipinski definition) is 2. The summed E-state index contributed by atoms with van der Waals surface area (Å²) in [6, 6.07) is 14.4. The molecule has 2 aromatic rings. The van der Waals surface area contributed by atoms with Crippen LogP contribution in [-0.2, 0) is 15.6 Å². The summed E-state index contributed by atoms with van der Waals surface area (Å²) < 4.78 is 24.6. The van der Waals surface area contributed by atoms with Crippen LogP contribution in [0.15, 0.2) is 60.0 Å². The molecular weight excluding hydrogens is 268 g/mol. The summed E-state index contributed by atoms with van der Waals surface area (Å²) >= 11 is 0. The van der Waals surface area contributed by atoms with Gasteiger partial charge in [0, 0.05) is 0 Å². The van der Waals surface area contributed by atoms with E-state index < -0.39 is 9.84 Å². The highest BCUT2D eigenvalue weighted by Crippen LogP contribution is 2.19. The molecule has 0 bridgehead atoms. The third kappa shape index (κ3) is 3.36. The van der Waals surface area contributed by atoms with Gasteiger partial charge in [-0.25, -0.2) is 8.42 Å². The molecular formula is C17H18O2S. The zero-order chi connectivity index (χ0) is 14.8. The first-order valence-electron chi connectivity index (χ1n) is 6.43. The largest absolute Gasteiger partial charge is 0.223 e. The first kappa shape index (κ1) is 14.5. The normalized spacial score (nSPS) is 11.3. The van der Waals surface area contributed by atoms with Crippen molar-refractivity contribution in [3.8, 4) is 0 Å². The Morgan fingerprint density at radius 3 is 2.05 bits per heavy atom. The van der Waals surface area contributed by atoms with Gasteiger partial charge in [0.15, 0.2) is 9.84 Å². The van der Waals surface area contributed by atoms with Crippen LogP contribution >= 0.6 is 0 Å².